The Labute approximate surface area is 238 Å². The maximum atomic E-state index is 11.6. The average molecular weight is 584 g/mol. The number of anilines is 2. The molecule has 0 atom stereocenters. The van der Waals surface area contributed by atoms with Crippen molar-refractivity contribution in [3.8, 4) is 28.5 Å². The van der Waals surface area contributed by atoms with Crippen molar-refractivity contribution >= 4 is 52.3 Å². The van der Waals surface area contributed by atoms with E-state index in [4.69, 9.17) is 44.5 Å². The van der Waals surface area contributed by atoms with Crippen LogP contribution in [0.2, 0.25) is 10.0 Å². The van der Waals surface area contributed by atoms with Crippen LogP contribution >= 0.6 is 34.8 Å². The monoisotopic (exact) mass is 582 g/mol. The third-order valence-corrected chi connectivity index (χ3v) is 6.58. The molecule has 0 saturated carbocycles. The van der Waals surface area contributed by atoms with Gasteiger partial charge in [-0.3, -0.25) is 4.79 Å². The molecule has 10 nitrogen and oxygen atoms in total. The number of nitrogens with zero attached hydrogens (tertiary/aromatic N) is 6. The van der Waals surface area contributed by atoms with Gasteiger partial charge in [0, 0.05) is 11.3 Å². The Morgan fingerprint density at radius 1 is 1.03 bits per heavy atom. The molecule has 2 N–H and O–H groups in total. The fraction of sp³-hybridized carbons (Fsp3) is 0.115. The number of alkyl halides is 1. The molecular formula is C26H21Cl3N8O2. The summed E-state index contributed by atoms with van der Waals surface area (Å²) in [5.41, 5.74) is 3.48. The summed E-state index contributed by atoms with van der Waals surface area (Å²) in [7, 11) is 1.61. The zero-order valence-electron chi connectivity index (χ0n) is 20.5. The molecule has 3 aromatic carbocycles. The van der Waals surface area contributed by atoms with Gasteiger partial charge < -0.3 is 15.4 Å². The first-order valence-electron chi connectivity index (χ1n) is 11.6. The lowest BCUT2D eigenvalue weighted by Crippen LogP contribution is -2.12. The molecule has 0 aliphatic rings. The van der Waals surface area contributed by atoms with Crippen molar-refractivity contribution in [1.82, 2.24) is 29.8 Å². The van der Waals surface area contributed by atoms with E-state index in [0.717, 1.165) is 5.69 Å². The third-order valence-electron chi connectivity index (χ3n) is 5.60. The van der Waals surface area contributed by atoms with E-state index in [2.05, 4.69) is 26.0 Å². The number of rotatable bonds is 9. The zero-order chi connectivity index (χ0) is 27.4. The quantitative estimate of drug-likeness (QED) is 0.217. The fourth-order valence-corrected chi connectivity index (χ4v) is 4.12. The molecule has 5 rings (SSSR count). The van der Waals surface area contributed by atoms with Crippen molar-refractivity contribution in [1.29, 1.82) is 0 Å². The highest BCUT2D eigenvalue weighted by atomic mass is 35.5. The minimum atomic E-state index is -0.296. The largest absolute Gasteiger partial charge is 0.494 e. The molecule has 39 heavy (non-hydrogen) atoms. The Morgan fingerprint density at radius 2 is 1.82 bits per heavy atom. The van der Waals surface area contributed by atoms with Crippen LogP contribution in [0, 0.1) is 0 Å². The Bertz CT molecular complexity index is 1620. The van der Waals surface area contributed by atoms with E-state index < -0.39 is 0 Å². The van der Waals surface area contributed by atoms with Crippen LogP contribution in [0.5, 0.6) is 5.75 Å². The first kappa shape index (κ1) is 26.5. The van der Waals surface area contributed by atoms with Gasteiger partial charge in [-0.05, 0) is 54.6 Å². The number of halogens is 3. The molecule has 13 heteroatoms. The Morgan fingerprint density at radius 3 is 2.56 bits per heavy atom. The minimum absolute atomic E-state index is 0.131. The second-order valence-electron chi connectivity index (χ2n) is 8.21. The lowest BCUT2D eigenvalue weighted by Gasteiger charge is -2.08. The number of carbonyl (C=O) groups is 1. The molecule has 0 radical (unpaired) electrons. The lowest BCUT2D eigenvalue weighted by molar-refractivity contribution is -0.113. The molecule has 0 aliphatic heterocycles. The van der Waals surface area contributed by atoms with Crippen LogP contribution in [-0.4, -0.2) is 48.7 Å². The molecule has 0 saturated heterocycles. The zero-order valence-corrected chi connectivity index (χ0v) is 22.7. The van der Waals surface area contributed by atoms with Crippen molar-refractivity contribution in [2.24, 2.45) is 0 Å². The van der Waals surface area contributed by atoms with Gasteiger partial charge >= 0.3 is 0 Å². The molecule has 198 valence electrons. The van der Waals surface area contributed by atoms with Gasteiger partial charge in [0.15, 0.2) is 5.82 Å². The lowest BCUT2D eigenvalue weighted by atomic mass is 10.2. The maximum absolute atomic E-state index is 11.6. The van der Waals surface area contributed by atoms with E-state index in [1.165, 1.54) is 0 Å². The predicted octanol–water partition coefficient (Wildman–Crippen LogP) is 5.62. The smallest absolute Gasteiger partial charge is 0.243 e. The summed E-state index contributed by atoms with van der Waals surface area (Å²) in [6, 6.07) is 19.9. The Hall–Kier alpha value is -4.12. The molecular weight excluding hydrogens is 563 g/mol. The average Bonchev–Trinajstić information content (AvgIpc) is 3.61. The SMILES string of the molecule is COc1ccccc1-n1cc(CNc2nc(-c3ccc(Cl)c(Cl)c3)n(-c3ccc(NC(=O)CCl)cc3)n2)nn1. The highest BCUT2D eigenvalue weighted by Crippen LogP contribution is 2.30. The summed E-state index contributed by atoms with van der Waals surface area (Å²) in [5, 5.41) is 19.9. The van der Waals surface area contributed by atoms with Gasteiger partial charge in [-0.1, -0.05) is 40.5 Å². The number of ether oxygens (including phenoxy) is 1. The van der Waals surface area contributed by atoms with E-state index in [0.29, 0.717) is 56.7 Å². The van der Waals surface area contributed by atoms with Crippen LogP contribution < -0.4 is 15.4 Å². The third kappa shape index (κ3) is 5.98. The molecule has 2 heterocycles. The van der Waals surface area contributed by atoms with Crippen LogP contribution in [0.15, 0.2) is 72.9 Å². The van der Waals surface area contributed by atoms with Crippen LogP contribution in [0.3, 0.4) is 0 Å². The highest BCUT2D eigenvalue weighted by Gasteiger charge is 2.16. The minimum Gasteiger partial charge on any atom is -0.494 e. The maximum Gasteiger partial charge on any atom is 0.243 e. The Kier molecular flexibility index (Phi) is 7.97. The predicted molar refractivity (Wildman–Crippen MR) is 151 cm³/mol. The van der Waals surface area contributed by atoms with Gasteiger partial charge in [0.2, 0.25) is 11.9 Å². The van der Waals surface area contributed by atoms with Crippen LogP contribution in [0.4, 0.5) is 11.6 Å². The van der Waals surface area contributed by atoms with Crippen molar-refractivity contribution in [2.75, 3.05) is 23.6 Å². The van der Waals surface area contributed by atoms with Gasteiger partial charge in [0.05, 0.1) is 35.6 Å². The van der Waals surface area contributed by atoms with Crippen molar-refractivity contribution < 1.29 is 9.53 Å². The summed E-state index contributed by atoms with van der Waals surface area (Å²) < 4.78 is 8.73. The summed E-state index contributed by atoms with van der Waals surface area (Å²) in [6.45, 7) is 0.323. The normalized spacial score (nSPS) is 10.9. The molecule has 5 aromatic rings. The molecule has 0 fully saturated rings. The number of para-hydroxylation sites is 2. The first-order chi connectivity index (χ1) is 18.9. The number of nitrogens with one attached hydrogen (secondary N) is 2. The van der Waals surface area contributed by atoms with Crippen LogP contribution in [-0.2, 0) is 11.3 Å². The summed E-state index contributed by atoms with van der Waals surface area (Å²) in [4.78, 5) is 16.3. The van der Waals surface area contributed by atoms with Crippen molar-refractivity contribution in [2.45, 2.75) is 6.54 Å². The number of amides is 1. The van der Waals surface area contributed by atoms with E-state index in [9.17, 15) is 4.79 Å². The number of methoxy groups -OCH3 is 1. The second kappa shape index (κ2) is 11.7. The number of hydrogen-bond acceptors (Lipinski definition) is 7. The highest BCUT2D eigenvalue weighted by molar-refractivity contribution is 6.42. The van der Waals surface area contributed by atoms with Gasteiger partial charge in [0.1, 0.15) is 23.0 Å². The topological polar surface area (TPSA) is 112 Å². The summed E-state index contributed by atoms with van der Waals surface area (Å²) >= 11 is 18.0. The number of hydrogen-bond donors (Lipinski definition) is 2. The standard InChI is InChI=1S/C26H21Cl3N8O2/c1-39-23-5-3-2-4-22(23)36-15-18(33-35-36)14-30-26-32-25(16-6-11-20(28)21(29)12-16)37(34-26)19-9-7-17(8-10-19)31-24(38)13-27/h2-12,15H,13-14H2,1H3,(H,30,34)(H,31,38). The number of carbonyl (C=O) groups excluding carboxylic acids is 1. The van der Waals surface area contributed by atoms with E-state index >= 15 is 0 Å². The molecule has 0 aliphatic carbocycles. The number of aromatic nitrogens is 6. The first-order valence-corrected chi connectivity index (χ1v) is 12.9. The fourth-order valence-electron chi connectivity index (χ4n) is 3.76. The molecule has 0 spiro atoms. The van der Waals surface area contributed by atoms with E-state index in [1.54, 1.807) is 46.9 Å². The van der Waals surface area contributed by atoms with Gasteiger partial charge in [0.25, 0.3) is 0 Å². The molecule has 2 aromatic heterocycles. The number of benzene rings is 3. The van der Waals surface area contributed by atoms with E-state index in [1.807, 2.05) is 42.5 Å². The van der Waals surface area contributed by atoms with Gasteiger partial charge in [-0.15, -0.1) is 21.8 Å². The van der Waals surface area contributed by atoms with Crippen molar-refractivity contribution in [3.05, 3.63) is 88.7 Å². The Balaban J connectivity index is 1.42. The van der Waals surface area contributed by atoms with Crippen LogP contribution in [0.1, 0.15) is 5.69 Å². The van der Waals surface area contributed by atoms with Crippen LogP contribution in [0.25, 0.3) is 22.8 Å². The van der Waals surface area contributed by atoms with Crippen molar-refractivity contribution in [3.63, 3.8) is 0 Å². The van der Waals surface area contributed by atoms with Gasteiger partial charge in [-0.2, -0.15) is 4.98 Å². The molecule has 1 amide bonds. The summed E-state index contributed by atoms with van der Waals surface area (Å²) in [6.07, 6.45) is 1.80. The van der Waals surface area contributed by atoms with E-state index in [-0.39, 0.29) is 11.8 Å². The van der Waals surface area contributed by atoms with Gasteiger partial charge in [-0.25, -0.2) is 9.36 Å². The second-order valence-corrected chi connectivity index (χ2v) is 9.29. The molecule has 0 unspecified atom stereocenters. The summed E-state index contributed by atoms with van der Waals surface area (Å²) in [5.74, 6) is 1.15. The molecule has 0 bridgehead atoms.